The van der Waals surface area contributed by atoms with E-state index in [2.05, 4.69) is 24.3 Å². The van der Waals surface area contributed by atoms with Crippen LogP contribution >= 0.6 is 0 Å². The van der Waals surface area contributed by atoms with Crippen molar-refractivity contribution < 1.29 is 14.6 Å². The summed E-state index contributed by atoms with van der Waals surface area (Å²) in [4.78, 5) is 0. The zero-order chi connectivity index (χ0) is 14.3. The number of ether oxygens (including phenoxy) is 2. The van der Waals surface area contributed by atoms with E-state index >= 15 is 0 Å². The number of rotatable bonds is 4. The highest BCUT2D eigenvalue weighted by Gasteiger charge is 2.51. The van der Waals surface area contributed by atoms with E-state index < -0.39 is 12.4 Å². The third-order valence-electron chi connectivity index (χ3n) is 3.93. The molecule has 112 valence electrons. The maximum atomic E-state index is 10.7. The van der Waals surface area contributed by atoms with Crippen molar-refractivity contribution in [2.45, 2.75) is 51.4 Å². The van der Waals surface area contributed by atoms with E-state index in [9.17, 15) is 5.11 Å². The van der Waals surface area contributed by atoms with E-state index in [1.54, 1.807) is 10.9 Å². The zero-order valence-corrected chi connectivity index (χ0v) is 12.2. The summed E-state index contributed by atoms with van der Waals surface area (Å²) in [5, 5.41) is 18.4. The highest BCUT2D eigenvalue weighted by molar-refractivity contribution is 5.05. The fraction of sp³-hybridized carbons (Fsp3) is 0.786. The molecule has 0 saturated carbocycles. The van der Waals surface area contributed by atoms with Crippen molar-refractivity contribution >= 4 is 0 Å². The molecule has 2 fully saturated rings. The van der Waals surface area contributed by atoms with Gasteiger partial charge in [-0.25, -0.2) is 0 Å². The predicted octanol–water partition coefficient (Wildman–Crippen LogP) is 0.463. The van der Waals surface area contributed by atoms with Crippen LogP contribution in [0.1, 0.15) is 25.5 Å². The number of hydrogen-bond donors (Lipinski definition) is 2. The minimum absolute atomic E-state index is 0.0818. The average molecular weight is 281 g/mol. The zero-order valence-electron chi connectivity index (χ0n) is 12.2. The van der Waals surface area contributed by atoms with Crippen molar-refractivity contribution in [3.8, 4) is 0 Å². The van der Waals surface area contributed by atoms with E-state index in [0.29, 0.717) is 12.5 Å². The van der Waals surface area contributed by atoms with Gasteiger partial charge < -0.3 is 19.9 Å². The van der Waals surface area contributed by atoms with Gasteiger partial charge in [0.05, 0.1) is 24.9 Å². The summed E-state index contributed by atoms with van der Waals surface area (Å²) in [6, 6.07) is -0.419. The molecule has 1 aromatic heterocycles. The van der Waals surface area contributed by atoms with Crippen LogP contribution in [-0.4, -0.2) is 52.6 Å². The van der Waals surface area contributed by atoms with Gasteiger partial charge in [-0.2, -0.15) is 5.10 Å². The Morgan fingerprint density at radius 3 is 3.00 bits per heavy atom. The second-order valence-corrected chi connectivity index (χ2v) is 6.18. The van der Waals surface area contributed by atoms with Crippen LogP contribution in [0, 0.1) is 12.8 Å². The number of fused-ring (bicyclic) bond motifs is 2. The molecule has 0 unspecified atom stereocenters. The Balaban J connectivity index is 1.80. The van der Waals surface area contributed by atoms with Crippen molar-refractivity contribution in [3.63, 3.8) is 0 Å². The summed E-state index contributed by atoms with van der Waals surface area (Å²) in [5.74, 6) is 0.521. The van der Waals surface area contributed by atoms with Crippen molar-refractivity contribution in [3.05, 3.63) is 18.0 Å². The molecule has 5 atom stereocenters. The first-order chi connectivity index (χ1) is 9.56. The van der Waals surface area contributed by atoms with Crippen LogP contribution in [0.4, 0.5) is 0 Å². The average Bonchev–Trinajstić information content (AvgIpc) is 2.98. The molecule has 0 aromatic carbocycles. The Bertz CT molecular complexity index is 462. The van der Waals surface area contributed by atoms with Crippen molar-refractivity contribution in [1.82, 2.24) is 15.1 Å². The van der Waals surface area contributed by atoms with Crippen LogP contribution in [0.2, 0.25) is 0 Å². The van der Waals surface area contributed by atoms with Gasteiger partial charge in [-0.15, -0.1) is 0 Å². The molecule has 2 aliphatic heterocycles. The lowest BCUT2D eigenvalue weighted by atomic mass is 9.95. The van der Waals surface area contributed by atoms with Gasteiger partial charge in [0.2, 0.25) is 0 Å². The van der Waals surface area contributed by atoms with E-state index in [1.165, 1.54) is 0 Å². The molecule has 0 radical (unpaired) electrons. The first-order valence-corrected chi connectivity index (χ1v) is 7.25. The van der Waals surface area contributed by atoms with Gasteiger partial charge in [0.1, 0.15) is 12.1 Å². The second kappa shape index (κ2) is 5.44. The number of aliphatic hydroxyl groups is 1. The Hall–Kier alpha value is -0.950. The fourth-order valence-electron chi connectivity index (χ4n) is 2.90. The quantitative estimate of drug-likeness (QED) is 0.839. The van der Waals surface area contributed by atoms with Crippen LogP contribution in [0.5, 0.6) is 0 Å². The fourth-order valence-corrected chi connectivity index (χ4v) is 2.90. The molecule has 20 heavy (non-hydrogen) atoms. The maximum absolute atomic E-state index is 10.7. The predicted molar refractivity (Wildman–Crippen MR) is 73.2 cm³/mol. The van der Waals surface area contributed by atoms with Gasteiger partial charge in [0.15, 0.2) is 6.29 Å². The van der Waals surface area contributed by atoms with Crippen LogP contribution in [0.25, 0.3) is 0 Å². The van der Waals surface area contributed by atoms with Gasteiger partial charge in [-0.3, -0.25) is 4.68 Å². The summed E-state index contributed by atoms with van der Waals surface area (Å²) in [6.07, 6.45) is 2.63. The Morgan fingerprint density at radius 2 is 2.35 bits per heavy atom. The number of nitrogens with one attached hydrogen (secondary N) is 1. The summed E-state index contributed by atoms with van der Waals surface area (Å²) < 4.78 is 13.3. The largest absolute Gasteiger partial charge is 0.389 e. The third kappa shape index (κ3) is 2.48. The maximum Gasteiger partial charge on any atom is 0.183 e. The van der Waals surface area contributed by atoms with Gasteiger partial charge >= 0.3 is 0 Å². The SMILES string of the molecule is Cc1cnn([C@H]2[C@@H]3OC[C@@H](O3)[C@@H](NCC(C)C)[C@@H]2O)c1. The van der Waals surface area contributed by atoms with Crippen molar-refractivity contribution in [1.29, 1.82) is 0 Å². The molecule has 3 rings (SSSR count). The van der Waals surface area contributed by atoms with E-state index in [4.69, 9.17) is 9.47 Å². The van der Waals surface area contributed by atoms with Gasteiger partial charge in [-0.1, -0.05) is 13.8 Å². The number of aryl methyl sites for hydroxylation is 1. The first-order valence-electron chi connectivity index (χ1n) is 7.25. The lowest BCUT2D eigenvalue weighted by molar-refractivity contribution is -0.168. The van der Waals surface area contributed by atoms with Gasteiger partial charge in [0.25, 0.3) is 0 Å². The van der Waals surface area contributed by atoms with E-state index in [1.807, 2.05) is 13.1 Å². The number of nitrogens with zero attached hydrogens (tertiary/aromatic N) is 2. The van der Waals surface area contributed by atoms with Crippen LogP contribution < -0.4 is 5.32 Å². The van der Waals surface area contributed by atoms with E-state index in [0.717, 1.165) is 12.1 Å². The third-order valence-corrected chi connectivity index (χ3v) is 3.93. The van der Waals surface area contributed by atoms with Gasteiger partial charge in [-0.05, 0) is 24.9 Å². The molecule has 6 heteroatoms. The Morgan fingerprint density at radius 1 is 1.55 bits per heavy atom. The molecular formula is C14H23N3O3. The lowest BCUT2D eigenvalue weighted by Crippen LogP contribution is -2.58. The minimum atomic E-state index is -0.570. The molecule has 3 heterocycles. The summed E-state index contributed by atoms with van der Waals surface area (Å²) in [7, 11) is 0. The standard InChI is InChI=1S/C14H23N3O3/c1-8(2)4-15-11-10-7-19-14(20-10)12(13(11)18)17-6-9(3)5-16-17/h5-6,8,10-15,18H,4,7H2,1-3H3/t10-,11-,12-,13+,14-/m1/s1. The molecule has 0 spiro atoms. The van der Waals surface area contributed by atoms with Crippen molar-refractivity contribution in [2.24, 2.45) is 5.92 Å². The lowest BCUT2D eigenvalue weighted by Gasteiger charge is -2.39. The van der Waals surface area contributed by atoms with Crippen LogP contribution in [-0.2, 0) is 9.47 Å². The topological polar surface area (TPSA) is 68.5 Å². The summed E-state index contributed by atoms with van der Waals surface area (Å²) in [6.45, 7) is 7.63. The highest BCUT2D eigenvalue weighted by atomic mass is 16.7. The van der Waals surface area contributed by atoms with Crippen molar-refractivity contribution in [2.75, 3.05) is 13.2 Å². The molecule has 0 amide bonds. The smallest absolute Gasteiger partial charge is 0.183 e. The molecule has 2 N–H and O–H groups in total. The van der Waals surface area contributed by atoms with Gasteiger partial charge in [0, 0.05) is 6.20 Å². The first kappa shape index (κ1) is 14.0. The van der Waals surface area contributed by atoms with Crippen LogP contribution in [0.15, 0.2) is 12.4 Å². The minimum Gasteiger partial charge on any atom is -0.389 e. The molecule has 1 aromatic rings. The summed E-state index contributed by atoms with van der Waals surface area (Å²) in [5.41, 5.74) is 1.06. The monoisotopic (exact) mass is 281 g/mol. The molecular weight excluding hydrogens is 258 g/mol. The molecule has 6 nitrogen and oxygen atoms in total. The van der Waals surface area contributed by atoms with E-state index in [-0.39, 0.29) is 18.2 Å². The van der Waals surface area contributed by atoms with Crippen LogP contribution in [0.3, 0.4) is 0 Å². The number of aliphatic hydroxyl groups excluding tert-OH is 1. The highest BCUT2D eigenvalue weighted by Crippen LogP contribution is 2.35. The summed E-state index contributed by atoms with van der Waals surface area (Å²) >= 11 is 0. The molecule has 2 saturated heterocycles. The normalized spacial score (nSPS) is 36.8. The molecule has 2 bridgehead atoms. The second-order valence-electron chi connectivity index (χ2n) is 6.18. The molecule has 2 aliphatic rings. The Kier molecular flexibility index (Phi) is 3.81. The Labute approximate surface area is 119 Å². The number of aromatic nitrogens is 2. The number of hydrogen-bond acceptors (Lipinski definition) is 5. The molecule has 0 aliphatic carbocycles.